The molecule has 2 rings (SSSR count). The predicted octanol–water partition coefficient (Wildman–Crippen LogP) is 4.34. The van der Waals surface area contributed by atoms with Crippen LogP contribution in [0, 0.1) is 3.57 Å². The minimum absolute atomic E-state index is 1.02. The van der Waals surface area contributed by atoms with E-state index in [4.69, 9.17) is 0 Å². The van der Waals surface area contributed by atoms with E-state index >= 15 is 0 Å². The monoisotopic (exact) mass is 337 g/mol. The molecule has 88 valence electrons. The van der Waals surface area contributed by atoms with Crippen LogP contribution in [0.3, 0.4) is 0 Å². The Morgan fingerprint density at radius 2 is 1.76 bits per heavy atom. The van der Waals surface area contributed by atoms with Crippen molar-refractivity contribution in [1.29, 1.82) is 0 Å². The lowest BCUT2D eigenvalue weighted by molar-refractivity contribution is 0.863. The fourth-order valence-corrected chi connectivity index (χ4v) is 2.31. The molecule has 0 heterocycles. The first kappa shape index (κ1) is 12.4. The van der Waals surface area contributed by atoms with Crippen molar-refractivity contribution in [1.82, 2.24) is 0 Å². The van der Waals surface area contributed by atoms with Gasteiger partial charge in [0.1, 0.15) is 0 Å². The van der Waals surface area contributed by atoms with Crippen LogP contribution in [0.2, 0.25) is 0 Å². The molecule has 0 bridgehead atoms. The van der Waals surface area contributed by atoms with Gasteiger partial charge in [0.25, 0.3) is 0 Å². The topological polar surface area (TPSA) is 12.0 Å². The van der Waals surface area contributed by atoms with Crippen LogP contribution < -0.4 is 5.32 Å². The van der Waals surface area contributed by atoms with Gasteiger partial charge >= 0.3 is 0 Å². The highest BCUT2D eigenvalue weighted by Gasteiger charge is 1.94. The van der Waals surface area contributed by atoms with E-state index in [2.05, 4.69) is 82.5 Å². The Kier molecular flexibility index (Phi) is 4.86. The number of hydrogen-bond donors (Lipinski definition) is 1. The second-order valence-corrected chi connectivity index (χ2v) is 5.27. The lowest BCUT2D eigenvalue weighted by atomic mass is 10.1. The van der Waals surface area contributed by atoms with E-state index in [0.29, 0.717) is 0 Å². The van der Waals surface area contributed by atoms with Crippen LogP contribution >= 0.6 is 22.6 Å². The van der Waals surface area contributed by atoms with Crippen LogP contribution in [-0.2, 0) is 6.42 Å². The second-order valence-electron chi connectivity index (χ2n) is 4.03. The van der Waals surface area contributed by atoms with Gasteiger partial charge in [-0.05, 0) is 59.2 Å². The Morgan fingerprint density at radius 1 is 0.941 bits per heavy atom. The molecule has 0 atom stereocenters. The fourth-order valence-electron chi connectivity index (χ4n) is 1.77. The van der Waals surface area contributed by atoms with Gasteiger partial charge in [0, 0.05) is 15.8 Å². The van der Waals surface area contributed by atoms with Crippen molar-refractivity contribution in [3.05, 3.63) is 63.7 Å². The van der Waals surface area contributed by atoms with E-state index in [0.717, 1.165) is 19.4 Å². The molecule has 2 aromatic carbocycles. The SMILES string of the molecule is Ic1cccc(NCCCc2ccccc2)c1. The number of hydrogen-bond acceptors (Lipinski definition) is 1. The fraction of sp³-hybridized carbons (Fsp3) is 0.200. The molecule has 0 spiro atoms. The third-order valence-electron chi connectivity index (χ3n) is 2.64. The van der Waals surface area contributed by atoms with Gasteiger partial charge in [0.15, 0.2) is 0 Å². The Bertz CT molecular complexity index is 453. The lowest BCUT2D eigenvalue weighted by Crippen LogP contribution is -2.02. The van der Waals surface area contributed by atoms with Gasteiger partial charge < -0.3 is 5.32 Å². The third kappa shape index (κ3) is 4.38. The predicted molar refractivity (Wildman–Crippen MR) is 82.4 cm³/mol. The van der Waals surface area contributed by atoms with E-state index in [9.17, 15) is 0 Å². The summed E-state index contributed by atoms with van der Waals surface area (Å²) in [7, 11) is 0. The zero-order valence-corrected chi connectivity index (χ0v) is 11.9. The first-order valence-corrected chi connectivity index (χ1v) is 6.96. The molecule has 2 heteroatoms. The molecule has 0 aliphatic rings. The Balaban J connectivity index is 1.73. The highest BCUT2D eigenvalue weighted by Crippen LogP contribution is 2.12. The van der Waals surface area contributed by atoms with E-state index in [-0.39, 0.29) is 0 Å². The Hall–Kier alpha value is -1.03. The molecule has 0 saturated carbocycles. The molecular formula is C15H16IN. The van der Waals surface area contributed by atoms with Gasteiger partial charge in [-0.1, -0.05) is 36.4 Å². The molecule has 2 aromatic rings. The molecule has 17 heavy (non-hydrogen) atoms. The molecule has 0 saturated heterocycles. The van der Waals surface area contributed by atoms with Crippen LogP contribution in [0.4, 0.5) is 5.69 Å². The summed E-state index contributed by atoms with van der Waals surface area (Å²) < 4.78 is 1.27. The van der Waals surface area contributed by atoms with Crippen LogP contribution in [0.1, 0.15) is 12.0 Å². The molecule has 0 unspecified atom stereocenters. The Morgan fingerprint density at radius 3 is 2.53 bits per heavy atom. The second kappa shape index (κ2) is 6.64. The molecule has 0 amide bonds. The van der Waals surface area contributed by atoms with Crippen molar-refractivity contribution < 1.29 is 0 Å². The minimum atomic E-state index is 1.02. The molecule has 0 radical (unpaired) electrons. The summed E-state index contributed by atoms with van der Waals surface area (Å²) in [6.45, 7) is 1.02. The van der Waals surface area contributed by atoms with Crippen LogP contribution in [0.5, 0.6) is 0 Å². The third-order valence-corrected chi connectivity index (χ3v) is 3.31. The van der Waals surface area contributed by atoms with Crippen LogP contribution in [0.25, 0.3) is 0 Å². The molecule has 0 aliphatic heterocycles. The molecule has 0 aromatic heterocycles. The summed E-state index contributed by atoms with van der Waals surface area (Å²) in [5, 5.41) is 3.45. The molecule has 0 fully saturated rings. The highest BCUT2D eigenvalue weighted by molar-refractivity contribution is 14.1. The summed E-state index contributed by atoms with van der Waals surface area (Å²) in [5.41, 5.74) is 2.63. The van der Waals surface area contributed by atoms with Crippen molar-refractivity contribution in [2.24, 2.45) is 0 Å². The van der Waals surface area contributed by atoms with Crippen molar-refractivity contribution in [3.8, 4) is 0 Å². The average Bonchev–Trinajstić information content (AvgIpc) is 2.36. The van der Waals surface area contributed by atoms with Gasteiger partial charge in [-0.15, -0.1) is 0 Å². The summed E-state index contributed by atoms with van der Waals surface area (Å²) in [6, 6.07) is 19.1. The van der Waals surface area contributed by atoms with Crippen molar-refractivity contribution >= 4 is 28.3 Å². The van der Waals surface area contributed by atoms with Gasteiger partial charge in [-0.3, -0.25) is 0 Å². The zero-order chi connectivity index (χ0) is 11.9. The summed E-state index contributed by atoms with van der Waals surface area (Å²) in [4.78, 5) is 0. The lowest BCUT2D eigenvalue weighted by Gasteiger charge is -2.06. The number of halogens is 1. The summed E-state index contributed by atoms with van der Waals surface area (Å²) in [5.74, 6) is 0. The summed E-state index contributed by atoms with van der Waals surface area (Å²) >= 11 is 2.34. The first-order valence-electron chi connectivity index (χ1n) is 5.88. The van der Waals surface area contributed by atoms with Crippen molar-refractivity contribution in [2.45, 2.75) is 12.8 Å². The largest absolute Gasteiger partial charge is 0.385 e. The Labute approximate surface area is 116 Å². The number of aryl methyl sites for hydroxylation is 1. The van der Waals surface area contributed by atoms with Crippen molar-refractivity contribution in [3.63, 3.8) is 0 Å². The first-order chi connectivity index (χ1) is 8.34. The number of rotatable bonds is 5. The standard InChI is InChI=1S/C15H16IN/c16-14-9-4-10-15(12-14)17-11-5-8-13-6-2-1-3-7-13/h1-4,6-7,9-10,12,17H,5,8,11H2. The molecule has 1 nitrogen and oxygen atoms in total. The van der Waals surface area contributed by atoms with E-state index in [1.165, 1.54) is 14.8 Å². The van der Waals surface area contributed by atoms with Crippen LogP contribution in [0.15, 0.2) is 54.6 Å². The summed E-state index contributed by atoms with van der Waals surface area (Å²) in [6.07, 6.45) is 2.30. The van der Waals surface area contributed by atoms with Gasteiger partial charge in [0.05, 0.1) is 0 Å². The van der Waals surface area contributed by atoms with Gasteiger partial charge in [-0.25, -0.2) is 0 Å². The number of benzene rings is 2. The average molecular weight is 337 g/mol. The maximum absolute atomic E-state index is 3.45. The molecule has 1 N–H and O–H groups in total. The quantitative estimate of drug-likeness (QED) is 0.632. The number of anilines is 1. The van der Waals surface area contributed by atoms with E-state index < -0.39 is 0 Å². The maximum Gasteiger partial charge on any atom is 0.0350 e. The molecular weight excluding hydrogens is 321 g/mol. The van der Waals surface area contributed by atoms with Crippen molar-refractivity contribution in [2.75, 3.05) is 11.9 Å². The van der Waals surface area contributed by atoms with Crippen LogP contribution in [-0.4, -0.2) is 6.54 Å². The normalized spacial score (nSPS) is 10.2. The van der Waals surface area contributed by atoms with E-state index in [1.807, 2.05) is 0 Å². The van der Waals surface area contributed by atoms with E-state index in [1.54, 1.807) is 0 Å². The molecule has 0 aliphatic carbocycles. The van der Waals surface area contributed by atoms with Gasteiger partial charge in [0.2, 0.25) is 0 Å². The zero-order valence-electron chi connectivity index (χ0n) is 9.70. The van der Waals surface area contributed by atoms with Gasteiger partial charge in [-0.2, -0.15) is 0 Å². The maximum atomic E-state index is 3.45. The highest BCUT2D eigenvalue weighted by atomic mass is 127. The number of nitrogens with one attached hydrogen (secondary N) is 1. The smallest absolute Gasteiger partial charge is 0.0350 e. The minimum Gasteiger partial charge on any atom is -0.385 e.